The van der Waals surface area contributed by atoms with Crippen molar-refractivity contribution >= 4 is 35.0 Å². The van der Waals surface area contributed by atoms with Crippen LogP contribution in [-0.4, -0.2) is 17.6 Å². The number of hydrogen-bond donors (Lipinski definition) is 2. The fourth-order valence-electron chi connectivity index (χ4n) is 2.90. The van der Waals surface area contributed by atoms with Gasteiger partial charge >= 0.3 is 0 Å². The van der Waals surface area contributed by atoms with Gasteiger partial charge in [0.1, 0.15) is 0 Å². The van der Waals surface area contributed by atoms with Gasteiger partial charge < -0.3 is 10.6 Å². The molecular formula is C24H24N2O2S. The predicted molar refractivity (Wildman–Crippen MR) is 121 cm³/mol. The highest BCUT2D eigenvalue weighted by Gasteiger charge is 2.10. The minimum absolute atomic E-state index is 0.0574. The molecule has 0 spiro atoms. The Morgan fingerprint density at radius 2 is 1.62 bits per heavy atom. The van der Waals surface area contributed by atoms with Crippen LogP contribution in [0.2, 0.25) is 0 Å². The van der Waals surface area contributed by atoms with Crippen LogP contribution in [0, 0.1) is 20.8 Å². The molecule has 2 N–H and O–H groups in total. The Kier molecular flexibility index (Phi) is 6.73. The molecule has 5 heteroatoms. The largest absolute Gasteiger partial charge is 0.325 e. The second-order valence-electron chi connectivity index (χ2n) is 6.95. The summed E-state index contributed by atoms with van der Waals surface area (Å²) in [7, 11) is 0. The minimum Gasteiger partial charge on any atom is -0.325 e. The molecule has 29 heavy (non-hydrogen) atoms. The lowest BCUT2D eigenvalue weighted by molar-refractivity contribution is -0.113. The molecule has 148 valence electrons. The van der Waals surface area contributed by atoms with Crippen LogP contribution in [0.5, 0.6) is 0 Å². The van der Waals surface area contributed by atoms with Crippen molar-refractivity contribution in [2.75, 3.05) is 16.4 Å². The van der Waals surface area contributed by atoms with E-state index in [0.717, 1.165) is 27.3 Å². The third-order valence-corrected chi connectivity index (χ3v) is 5.51. The number of carbonyl (C=O) groups excluding carboxylic acids is 2. The van der Waals surface area contributed by atoms with E-state index in [4.69, 9.17) is 0 Å². The second kappa shape index (κ2) is 9.43. The number of thioether (sulfide) groups is 1. The summed E-state index contributed by atoms with van der Waals surface area (Å²) in [6.45, 7) is 5.89. The number of nitrogens with one attached hydrogen (secondary N) is 2. The molecular weight excluding hydrogens is 380 g/mol. The van der Waals surface area contributed by atoms with Crippen molar-refractivity contribution in [3.8, 4) is 0 Å². The average molecular weight is 405 g/mol. The van der Waals surface area contributed by atoms with Crippen molar-refractivity contribution in [3.63, 3.8) is 0 Å². The molecule has 0 aliphatic carbocycles. The Hall–Kier alpha value is -3.05. The molecule has 2 amide bonds. The SMILES string of the molecule is Cc1ccc(C)c(NC(=O)CSc2cccc(NC(=O)c3ccccc3C)c2)c1. The van der Waals surface area contributed by atoms with Gasteiger partial charge in [-0.3, -0.25) is 9.59 Å². The molecule has 0 saturated heterocycles. The summed E-state index contributed by atoms with van der Waals surface area (Å²) in [6, 6.07) is 21.0. The van der Waals surface area contributed by atoms with Gasteiger partial charge in [-0.2, -0.15) is 0 Å². The van der Waals surface area contributed by atoms with E-state index < -0.39 is 0 Å². The van der Waals surface area contributed by atoms with Crippen LogP contribution in [0.4, 0.5) is 11.4 Å². The van der Waals surface area contributed by atoms with E-state index in [1.807, 2.05) is 81.4 Å². The van der Waals surface area contributed by atoms with Crippen LogP contribution in [0.25, 0.3) is 0 Å². The van der Waals surface area contributed by atoms with Gasteiger partial charge in [-0.25, -0.2) is 0 Å². The summed E-state index contributed by atoms with van der Waals surface area (Å²) < 4.78 is 0. The van der Waals surface area contributed by atoms with Gasteiger partial charge in [0.2, 0.25) is 5.91 Å². The highest BCUT2D eigenvalue weighted by molar-refractivity contribution is 8.00. The van der Waals surface area contributed by atoms with Gasteiger partial charge in [-0.1, -0.05) is 36.4 Å². The smallest absolute Gasteiger partial charge is 0.255 e. The van der Waals surface area contributed by atoms with Crippen LogP contribution >= 0.6 is 11.8 Å². The van der Waals surface area contributed by atoms with Crippen molar-refractivity contribution in [2.45, 2.75) is 25.7 Å². The van der Waals surface area contributed by atoms with E-state index in [0.29, 0.717) is 17.0 Å². The van der Waals surface area contributed by atoms with Crippen LogP contribution in [0.1, 0.15) is 27.0 Å². The maximum Gasteiger partial charge on any atom is 0.255 e. The highest BCUT2D eigenvalue weighted by Crippen LogP contribution is 2.23. The molecule has 3 aromatic rings. The zero-order valence-corrected chi connectivity index (χ0v) is 17.6. The first-order valence-electron chi connectivity index (χ1n) is 9.39. The summed E-state index contributed by atoms with van der Waals surface area (Å²) in [5.41, 5.74) is 5.27. The molecule has 0 fully saturated rings. The molecule has 3 rings (SSSR count). The number of benzene rings is 3. The van der Waals surface area contributed by atoms with Gasteiger partial charge in [0.05, 0.1) is 5.75 Å². The number of carbonyl (C=O) groups is 2. The van der Waals surface area contributed by atoms with E-state index in [1.54, 1.807) is 6.07 Å². The lowest BCUT2D eigenvalue weighted by Crippen LogP contribution is -2.15. The normalized spacial score (nSPS) is 10.4. The second-order valence-corrected chi connectivity index (χ2v) is 8.00. The van der Waals surface area contributed by atoms with E-state index in [2.05, 4.69) is 10.6 Å². The molecule has 4 nitrogen and oxygen atoms in total. The lowest BCUT2D eigenvalue weighted by Gasteiger charge is -2.10. The molecule has 0 atom stereocenters. The van der Waals surface area contributed by atoms with Crippen molar-refractivity contribution in [1.29, 1.82) is 0 Å². The lowest BCUT2D eigenvalue weighted by atomic mass is 10.1. The van der Waals surface area contributed by atoms with Gasteiger partial charge in [0, 0.05) is 21.8 Å². The standard InChI is InChI=1S/C24H24N2O2S/c1-16-11-12-18(3)22(13-16)26-23(27)15-29-20-9-6-8-19(14-20)25-24(28)21-10-5-4-7-17(21)2/h4-14H,15H2,1-3H3,(H,25,28)(H,26,27). The van der Waals surface area contributed by atoms with Gasteiger partial charge in [0.25, 0.3) is 5.91 Å². The first-order valence-corrected chi connectivity index (χ1v) is 10.4. The van der Waals surface area contributed by atoms with Crippen LogP contribution in [-0.2, 0) is 4.79 Å². The Labute approximate surface area is 175 Å². The fourth-order valence-corrected chi connectivity index (χ4v) is 3.65. The minimum atomic E-state index is -0.141. The van der Waals surface area contributed by atoms with Crippen LogP contribution in [0.3, 0.4) is 0 Å². The first-order chi connectivity index (χ1) is 13.9. The number of rotatable bonds is 6. The van der Waals surface area contributed by atoms with Crippen LogP contribution in [0.15, 0.2) is 71.6 Å². The predicted octanol–water partition coefficient (Wildman–Crippen LogP) is 5.59. The van der Waals surface area contributed by atoms with Crippen LogP contribution < -0.4 is 10.6 Å². The summed E-state index contributed by atoms with van der Waals surface area (Å²) >= 11 is 1.43. The molecule has 3 aromatic carbocycles. The molecule has 0 radical (unpaired) electrons. The quantitative estimate of drug-likeness (QED) is 0.526. The molecule has 0 saturated carbocycles. The molecule has 0 unspecified atom stereocenters. The zero-order valence-electron chi connectivity index (χ0n) is 16.8. The van der Waals surface area contributed by atoms with E-state index in [1.165, 1.54) is 11.8 Å². The Bertz CT molecular complexity index is 1050. The summed E-state index contributed by atoms with van der Waals surface area (Å²) in [5, 5.41) is 5.89. The van der Waals surface area contributed by atoms with Crippen molar-refractivity contribution in [2.24, 2.45) is 0 Å². The topological polar surface area (TPSA) is 58.2 Å². The Morgan fingerprint density at radius 1 is 0.828 bits per heavy atom. The van der Waals surface area contributed by atoms with Gasteiger partial charge in [-0.05, 0) is 67.8 Å². The monoisotopic (exact) mass is 404 g/mol. The van der Waals surface area contributed by atoms with E-state index in [-0.39, 0.29) is 11.8 Å². The van der Waals surface area contributed by atoms with Crippen molar-refractivity contribution in [1.82, 2.24) is 0 Å². The number of hydrogen-bond acceptors (Lipinski definition) is 3. The maximum atomic E-state index is 12.5. The number of aryl methyl sites for hydroxylation is 3. The van der Waals surface area contributed by atoms with Gasteiger partial charge in [-0.15, -0.1) is 11.8 Å². The summed E-state index contributed by atoms with van der Waals surface area (Å²) in [4.78, 5) is 25.7. The third-order valence-electron chi connectivity index (χ3n) is 4.52. The maximum absolute atomic E-state index is 12.5. The molecule has 0 heterocycles. The third kappa shape index (κ3) is 5.72. The first kappa shape index (κ1) is 20.7. The highest BCUT2D eigenvalue weighted by atomic mass is 32.2. The summed E-state index contributed by atoms with van der Waals surface area (Å²) in [5.74, 6) is 0.0960. The molecule has 0 aliphatic heterocycles. The average Bonchev–Trinajstić information content (AvgIpc) is 2.70. The zero-order chi connectivity index (χ0) is 20.8. The Morgan fingerprint density at radius 3 is 2.41 bits per heavy atom. The molecule has 0 aromatic heterocycles. The number of anilines is 2. The number of amides is 2. The fraction of sp³-hybridized carbons (Fsp3) is 0.167. The Balaban J connectivity index is 1.60. The van der Waals surface area contributed by atoms with Crippen molar-refractivity contribution < 1.29 is 9.59 Å². The van der Waals surface area contributed by atoms with Crippen molar-refractivity contribution in [3.05, 3.63) is 89.0 Å². The summed E-state index contributed by atoms with van der Waals surface area (Å²) in [6.07, 6.45) is 0. The van der Waals surface area contributed by atoms with E-state index in [9.17, 15) is 9.59 Å². The molecule has 0 bridgehead atoms. The van der Waals surface area contributed by atoms with E-state index >= 15 is 0 Å². The molecule has 0 aliphatic rings. The van der Waals surface area contributed by atoms with Gasteiger partial charge in [0.15, 0.2) is 0 Å².